The molecule has 3 heteroatoms. The molecule has 0 aliphatic carbocycles. The number of rotatable bonds is 4. The molecule has 0 fully saturated rings. The Balaban J connectivity index is 1.57. The fourth-order valence-corrected chi connectivity index (χ4v) is 7.07. The summed E-state index contributed by atoms with van der Waals surface area (Å²) in [4.78, 5) is 5.14. The molecule has 3 heterocycles. The minimum atomic E-state index is 0.0434. The average Bonchev–Trinajstić information content (AvgIpc) is 3.48. The standard InChI is InChI=1S/C33H31NS2/c1-20(2)14-24-19-36-31-11-10-22(16-26(24)31)27-18-30(34-29-12-13-35-32(27)29)23-15-21-8-6-7-9-25(21)28(17-23)33(3,4)5/h6-13,15-20H,14H2,1-5H3. The molecule has 0 aliphatic rings. The van der Waals surface area contributed by atoms with Crippen LogP contribution in [0, 0.1) is 5.92 Å². The maximum atomic E-state index is 5.14. The molecule has 0 radical (unpaired) electrons. The monoisotopic (exact) mass is 505 g/mol. The smallest absolute Gasteiger partial charge is 0.0823 e. The summed E-state index contributed by atoms with van der Waals surface area (Å²) in [6, 6.07) is 24.9. The number of hydrogen-bond donors (Lipinski definition) is 0. The van der Waals surface area contributed by atoms with E-state index in [1.54, 1.807) is 11.3 Å². The predicted octanol–water partition coefficient (Wildman–Crippen LogP) is 10.5. The van der Waals surface area contributed by atoms with Crippen molar-refractivity contribution in [2.24, 2.45) is 5.92 Å². The van der Waals surface area contributed by atoms with Gasteiger partial charge in [0.2, 0.25) is 0 Å². The summed E-state index contributed by atoms with van der Waals surface area (Å²) < 4.78 is 2.63. The second-order valence-electron chi connectivity index (χ2n) is 11.3. The van der Waals surface area contributed by atoms with E-state index in [2.05, 4.69) is 112 Å². The van der Waals surface area contributed by atoms with Gasteiger partial charge >= 0.3 is 0 Å². The van der Waals surface area contributed by atoms with E-state index in [4.69, 9.17) is 4.98 Å². The van der Waals surface area contributed by atoms with Crippen molar-refractivity contribution in [1.29, 1.82) is 0 Å². The minimum absolute atomic E-state index is 0.0434. The molecule has 36 heavy (non-hydrogen) atoms. The van der Waals surface area contributed by atoms with Crippen molar-refractivity contribution < 1.29 is 0 Å². The topological polar surface area (TPSA) is 12.9 Å². The van der Waals surface area contributed by atoms with Gasteiger partial charge in [0.1, 0.15) is 0 Å². The molecule has 0 aliphatic heterocycles. The van der Waals surface area contributed by atoms with E-state index >= 15 is 0 Å². The van der Waals surface area contributed by atoms with E-state index in [9.17, 15) is 0 Å². The Kier molecular flexibility index (Phi) is 5.74. The maximum absolute atomic E-state index is 5.14. The molecule has 0 atom stereocenters. The summed E-state index contributed by atoms with van der Waals surface area (Å²) in [5.74, 6) is 0.646. The van der Waals surface area contributed by atoms with Crippen LogP contribution in [0.5, 0.6) is 0 Å². The fraction of sp³-hybridized carbons (Fsp3) is 0.242. The van der Waals surface area contributed by atoms with E-state index in [0.717, 1.165) is 17.6 Å². The molecule has 0 saturated carbocycles. The Bertz CT molecular complexity index is 1730. The minimum Gasteiger partial charge on any atom is -0.247 e. The predicted molar refractivity (Wildman–Crippen MR) is 161 cm³/mol. The van der Waals surface area contributed by atoms with Crippen molar-refractivity contribution in [3.8, 4) is 22.4 Å². The first-order chi connectivity index (χ1) is 17.3. The molecular weight excluding hydrogens is 475 g/mol. The number of benzene rings is 3. The highest BCUT2D eigenvalue weighted by atomic mass is 32.1. The summed E-state index contributed by atoms with van der Waals surface area (Å²) in [5.41, 5.74) is 8.73. The molecule has 0 saturated heterocycles. The summed E-state index contributed by atoms with van der Waals surface area (Å²) >= 11 is 3.65. The lowest BCUT2D eigenvalue weighted by atomic mass is 9.82. The Morgan fingerprint density at radius 1 is 0.833 bits per heavy atom. The van der Waals surface area contributed by atoms with Crippen LogP contribution in [0.15, 0.2) is 77.5 Å². The van der Waals surface area contributed by atoms with Gasteiger partial charge in [-0.3, -0.25) is 0 Å². The maximum Gasteiger partial charge on any atom is 0.0823 e. The first-order valence-corrected chi connectivity index (χ1v) is 14.5. The van der Waals surface area contributed by atoms with Crippen LogP contribution in [0.3, 0.4) is 0 Å². The zero-order valence-electron chi connectivity index (χ0n) is 21.6. The molecule has 3 aromatic carbocycles. The van der Waals surface area contributed by atoms with Gasteiger partial charge < -0.3 is 0 Å². The normalized spacial score (nSPS) is 12.4. The van der Waals surface area contributed by atoms with Gasteiger partial charge in [0.05, 0.1) is 15.9 Å². The Labute approximate surface area is 221 Å². The molecule has 6 rings (SSSR count). The highest BCUT2D eigenvalue weighted by Crippen LogP contribution is 2.40. The molecule has 0 unspecified atom stereocenters. The van der Waals surface area contributed by atoms with Crippen molar-refractivity contribution in [2.75, 3.05) is 0 Å². The van der Waals surface area contributed by atoms with Gasteiger partial charge in [0, 0.05) is 15.8 Å². The molecule has 0 bridgehead atoms. The van der Waals surface area contributed by atoms with Gasteiger partial charge in [0.15, 0.2) is 0 Å². The number of thiophene rings is 2. The fourth-order valence-electron chi connectivity index (χ4n) is 5.24. The molecule has 1 nitrogen and oxygen atoms in total. The van der Waals surface area contributed by atoms with Crippen LogP contribution in [0.4, 0.5) is 0 Å². The van der Waals surface area contributed by atoms with Crippen LogP contribution in [-0.4, -0.2) is 4.98 Å². The quantitative estimate of drug-likeness (QED) is 0.232. The number of nitrogens with zero attached hydrogens (tertiary/aromatic N) is 1. The molecule has 3 aromatic heterocycles. The zero-order chi connectivity index (χ0) is 25.0. The second kappa shape index (κ2) is 8.83. The van der Waals surface area contributed by atoms with E-state index in [-0.39, 0.29) is 5.41 Å². The van der Waals surface area contributed by atoms with Crippen molar-refractivity contribution in [3.63, 3.8) is 0 Å². The van der Waals surface area contributed by atoms with Crippen molar-refractivity contribution in [2.45, 2.75) is 46.5 Å². The third kappa shape index (κ3) is 4.15. The number of pyridine rings is 1. The lowest BCUT2D eigenvalue weighted by Crippen LogP contribution is -2.12. The van der Waals surface area contributed by atoms with Gasteiger partial charge in [0.25, 0.3) is 0 Å². The highest BCUT2D eigenvalue weighted by Gasteiger charge is 2.20. The largest absolute Gasteiger partial charge is 0.247 e. The van der Waals surface area contributed by atoms with Crippen LogP contribution in [0.1, 0.15) is 45.7 Å². The molecule has 180 valence electrons. The van der Waals surface area contributed by atoms with Gasteiger partial charge in [-0.1, -0.05) is 65.0 Å². The van der Waals surface area contributed by atoms with Crippen LogP contribution in [0.25, 0.3) is 53.5 Å². The summed E-state index contributed by atoms with van der Waals surface area (Å²) in [6.07, 6.45) is 1.12. The highest BCUT2D eigenvalue weighted by molar-refractivity contribution is 7.18. The van der Waals surface area contributed by atoms with Crippen LogP contribution < -0.4 is 0 Å². The summed E-state index contributed by atoms with van der Waals surface area (Å²) in [7, 11) is 0. The van der Waals surface area contributed by atoms with E-state index in [0.29, 0.717) is 5.92 Å². The third-order valence-corrected chi connectivity index (χ3v) is 8.92. The second-order valence-corrected chi connectivity index (χ2v) is 13.1. The van der Waals surface area contributed by atoms with Crippen LogP contribution in [-0.2, 0) is 11.8 Å². The number of fused-ring (bicyclic) bond motifs is 3. The van der Waals surface area contributed by atoms with Gasteiger partial charge in [-0.15, -0.1) is 22.7 Å². The SMILES string of the molecule is CC(C)Cc1csc2ccc(-c3cc(-c4cc(C(C)(C)C)c5ccccc5c4)nc4ccsc34)cc12. The van der Waals surface area contributed by atoms with Gasteiger partial charge in [-0.25, -0.2) is 4.98 Å². The van der Waals surface area contributed by atoms with Gasteiger partial charge in [-0.05, 0) is 97.8 Å². The van der Waals surface area contributed by atoms with Crippen LogP contribution >= 0.6 is 22.7 Å². The number of aromatic nitrogens is 1. The van der Waals surface area contributed by atoms with Crippen LogP contribution in [0.2, 0.25) is 0 Å². The van der Waals surface area contributed by atoms with E-state index < -0.39 is 0 Å². The van der Waals surface area contributed by atoms with Crippen molar-refractivity contribution >= 4 is 53.7 Å². The molecule has 0 spiro atoms. The first kappa shape index (κ1) is 23.4. The number of hydrogen-bond acceptors (Lipinski definition) is 3. The zero-order valence-corrected chi connectivity index (χ0v) is 23.2. The summed E-state index contributed by atoms with van der Waals surface area (Å²) in [5, 5.41) is 8.50. The molecular formula is C33H31NS2. The van der Waals surface area contributed by atoms with E-state index in [1.807, 2.05) is 11.3 Å². The van der Waals surface area contributed by atoms with Gasteiger partial charge in [-0.2, -0.15) is 0 Å². The summed E-state index contributed by atoms with van der Waals surface area (Å²) in [6.45, 7) is 11.5. The molecule has 0 amide bonds. The Hall–Kier alpha value is -3.01. The lowest BCUT2D eigenvalue weighted by Gasteiger charge is -2.23. The van der Waals surface area contributed by atoms with E-state index in [1.165, 1.54) is 53.4 Å². The molecule has 6 aromatic rings. The third-order valence-electron chi connectivity index (χ3n) is 6.97. The van der Waals surface area contributed by atoms with Crippen molar-refractivity contribution in [3.05, 3.63) is 88.6 Å². The first-order valence-electron chi connectivity index (χ1n) is 12.7. The lowest BCUT2D eigenvalue weighted by molar-refractivity contribution is 0.596. The Morgan fingerprint density at radius 3 is 2.47 bits per heavy atom. The average molecular weight is 506 g/mol. The van der Waals surface area contributed by atoms with Crippen molar-refractivity contribution in [1.82, 2.24) is 4.98 Å². The molecule has 0 N–H and O–H groups in total. The Morgan fingerprint density at radius 2 is 1.67 bits per heavy atom.